The van der Waals surface area contributed by atoms with E-state index in [4.69, 9.17) is 17.3 Å². The molecule has 4 aromatic heterocycles. The van der Waals surface area contributed by atoms with Gasteiger partial charge in [0.05, 0.1) is 16.5 Å². The first-order valence-electron chi connectivity index (χ1n) is 9.77. The van der Waals surface area contributed by atoms with Gasteiger partial charge < -0.3 is 21.2 Å². The van der Waals surface area contributed by atoms with E-state index in [1.807, 2.05) is 13.0 Å². The van der Waals surface area contributed by atoms with Crippen LogP contribution in [0.3, 0.4) is 0 Å². The van der Waals surface area contributed by atoms with Gasteiger partial charge in [-0.05, 0) is 37.0 Å². The second kappa shape index (κ2) is 9.28. The van der Waals surface area contributed by atoms with Gasteiger partial charge in [0.15, 0.2) is 5.02 Å². The minimum Gasteiger partial charge on any atom is -0.365 e. The third-order valence-electron chi connectivity index (χ3n) is 4.98. The van der Waals surface area contributed by atoms with E-state index < -0.39 is 41.2 Å². The second-order valence-electron chi connectivity index (χ2n) is 7.34. The summed E-state index contributed by atoms with van der Waals surface area (Å²) in [5.41, 5.74) is 5.60. The first kappa shape index (κ1) is 24.6. The highest BCUT2D eigenvalue weighted by Crippen LogP contribution is 2.44. The molecule has 4 rings (SSSR count). The Labute approximate surface area is 208 Å². The smallest absolute Gasteiger partial charge is 0.365 e. The Morgan fingerprint density at radius 3 is 2.57 bits per heavy atom. The standard InChI is InChI=1S/C20H15ClF2N6O4S2/c1-7-3-4-11(34-7)9-5-10(17(22)23)25-20-13(9)15(16(35-20)18(24)31)26-12(30)6-28-8(2)14(21)19(27-28)29(32)33/h3-5,17H,6H2,1-2H3,(H2,24,31)(H,26,30). The van der Waals surface area contributed by atoms with Gasteiger partial charge in [0, 0.05) is 20.7 Å². The molecule has 182 valence electrons. The van der Waals surface area contributed by atoms with E-state index in [-0.39, 0.29) is 31.5 Å². The number of primary amides is 1. The minimum absolute atomic E-state index is 0.0160. The highest BCUT2D eigenvalue weighted by molar-refractivity contribution is 7.21. The number of anilines is 1. The number of amides is 2. The van der Waals surface area contributed by atoms with Gasteiger partial charge in [-0.3, -0.25) is 9.59 Å². The Morgan fingerprint density at radius 2 is 2.03 bits per heavy atom. The van der Waals surface area contributed by atoms with E-state index >= 15 is 0 Å². The van der Waals surface area contributed by atoms with Crippen LogP contribution in [0.25, 0.3) is 20.7 Å². The van der Waals surface area contributed by atoms with Gasteiger partial charge in [0.25, 0.3) is 12.3 Å². The van der Waals surface area contributed by atoms with E-state index in [2.05, 4.69) is 15.4 Å². The van der Waals surface area contributed by atoms with Crippen molar-refractivity contribution in [2.75, 3.05) is 5.32 Å². The molecule has 2 amide bonds. The largest absolute Gasteiger partial charge is 0.408 e. The van der Waals surface area contributed by atoms with E-state index in [1.165, 1.54) is 24.3 Å². The Balaban J connectivity index is 1.83. The summed E-state index contributed by atoms with van der Waals surface area (Å²) < 4.78 is 28.2. The van der Waals surface area contributed by atoms with Crippen LogP contribution >= 0.6 is 34.3 Å². The number of carbonyl (C=O) groups excluding carboxylic acids is 2. The summed E-state index contributed by atoms with van der Waals surface area (Å²) >= 11 is 8.05. The summed E-state index contributed by atoms with van der Waals surface area (Å²) in [5.74, 6) is -2.19. The van der Waals surface area contributed by atoms with E-state index in [9.17, 15) is 28.5 Å². The number of nitrogens with two attached hydrogens (primary N) is 1. The van der Waals surface area contributed by atoms with Crippen LogP contribution in [0, 0.1) is 24.0 Å². The topological polar surface area (TPSA) is 146 Å². The van der Waals surface area contributed by atoms with Gasteiger partial charge in [-0.15, -0.1) is 22.7 Å². The van der Waals surface area contributed by atoms with Crippen LogP contribution in [0.2, 0.25) is 5.02 Å². The second-order valence-corrected chi connectivity index (χ2v) is 10.0. The summed E-state index contributed by atoms with van der Waals surface area (Å²) in [6.07, 6.45) is -2.86. The molecule has 35 heavy (non-hydrogen) atoms. The number of fused-ring (bicyclic) bond motifs is 1. The van der Waals surface area contributed by atoms with Crippen LogP contribution in [0.1, 0.15) is 32.4 Å². The van der Waals surface area contributed by atoms with Crippen molar-refractivity contribution in [1.82, 2.24) is 14.8 Å². The number of hydrogen-bond acceptors (Lipinski definition) is 8. The maximum atomic E-state index is 13.6. The molecule has 0 spiro atoms. The number of carbonyl (C=O) groups is 2. The summed E-state index contributed by atoms with van der Waals surface area (Å²) in [6.45, 7) is 2.84. The lowest BCUT2D eigenvalue weighted by Crippen LogP contribution is -2.22. The van der Waals surface area contributed by atoms with Gasteiger partial charge in [0.2, 0.25) is 5.91 Å². The van der Waals surface area contributed by atoms with Gasteiger partial charge in [-0.2, -0.15) is 4.68 Å². The Hall–Kier alpha value is -3.49. The van der Waals surface area contributed by atoms with Gasteiger partial charge in [0.1, 0.15) is 21.9 Å². The number of halogens is 3. The zero-order chi connectivity index (χ0) is 25.6. The van der Waals surface area contributed by atoms with Crippen molar-refractivity contribution in [3.63, 3.8) is 0 Å². The molecule has 0 aliphatic carbocycles. The fraction of sp³-hybridized carbons (Fsp3) is 0.200. The number of aromatic nitrogens is 3. The molecule has 0 radical (unpaired) electrons. The van der Waals surface area contributed by atoms with Crippen molar-refractivity contribution in [3.8, 4) is 10.4 Å². The van der Waals surface area contributed by atoms with Crippen molar-refractivity contribution in [1.29, 1.82) is 0 Å². The molecule has 4 heterocycles. The van der Waals surface area contributed by atoms with E-state index in [0.29, 0.717) is 10.4 Å². The molecule has 0 aliphatic heterocycles. The lowest BCUT2D eigenvalue weighted by Gasteiger charge is -2.10. The van der Waals surface area contributed by atoms with Crippen molar-refractivity contribution in [2.24, 2.45) is 5.73 Å². The fourth-order valence-electron chi connectivity index (χ4n) is 3.39. The Kier molecular flexibility index (Phi) is 6.53. The third-order valence-corrected chi connectivity index (χ3v) is 7.56. The van der Waals surface area contributed by atoms with E-state index in [0.717, 1.165) is 20.9 Å². The number of pyridine rings is 1. The molecule has 0 aliphatic rings. The minimum atomic E-state index is -2.86. The molecule has 10 nitrogen and oxygen atoms in total. The number of thiophene rings is 2. The number of rotatable bonds is 7. The first-order chi connectivity index (χ1) is 16.5. The predicted molar refractivity (Wildman–Crippen MR) is 128 cm³/mol. The van der Waals surface area contributed by atoms with Crippen molar-refractivity contribution >= 4 is 67.8 Å². The molecule has 0 fully saturated rings. The van der Waals surface area contributed by atoms with Gasteiger partial charge in [-0.1, -0.05) is 11.6 Å². The average Bonchev–Trinajstić information content (AvgIpc) is 3.45. The van der Waals surface area contributed by atoms with E-state index in [1.54, 1.807) is 6.07 Å². The van der Waals surface area contributed by atoms with Crippen molar-refractivity contribution in [3.05, 3.63) is 54.5 Å². The van der Waals surface area contributed by atoms with Crippen LogP contribution in [0.15, 0.2) is 18.2 Å². The SMILES string of the molecule is Cc1ccc(-c2cc(C(F)F)nc3sc(C(N)=O)c(NC(=O)Cn4nc([N+](=O)[O-])c(Cl)c4C)c23)s1. The number of aryl methyl sites for hydroxylation is 1. The first-order valence-corrected chi connectivity index (χ1v) is 11.8. The Bertz CT molecular complexity index is 1510. The molecule has 15 heteroatoms. The monoisotopic (exact) mass is 540 g/mol. The normalized spacial score (nSPS) is 11.4. The average molecular weight is 541 g/mol. The number of nitro groups is 1. The lowest BCUT2D eigenvalue weighted by atomic mass is 10.1. The lowest BCUT2D eigenvalue weighted by molar-refractivity contribution is -0.389. The van der Waals surface area contributed by atoms with Crippen LogP contribution in [0.4, 0.5) is 20.3 Å². The van der Waals surface area contributed by atoms with Gasteiger partial charge in [-0.25, -0.2) is 13.8 Å². The number of alkyl halides is 2. The molecular weight excluding hydrogens is 526 g/mol. The van der Waals surface area contributed by atoms with Crippen molar-refractivity contribution < 1.29 is 23.3 Å². The number of nitrogens with zero attached hydrogens (tertiary/aromatic N) is 4. The highest BCUT2D eigenvalue weighted by Gasteiger charge is 2.28. The number of nitrogens with one attached hydrogen (secondary N) is 1. The van der Waals surface area contributed by atoms with Crippen molar-refractivity contribution in [2.45, 2.75) is 26.8 Å². The zero-order valence-electron chi connectivity index (χ0n) is 18.0. The Morgan fingerprint density at radius 1 is 1.31 bits per heavy atom. The maximum absolute atomic E-state index is 13.6. The summed E-state index contributed by atoms with van der Waals surface area (Å²) in [6, 6.07) is 4.77. The van der Waals surface area contributed by atoms with Crippen LogP contribution in [-0.2, 0) is 11.3 Å². The molecule has 0 aromatic carbocycles. The summed E-state index contributed by atoms with van der Waals surface area (Å²) in [5, 5.41) is 17.5. The molecule has 0 saturated heterocycles. The predicted octanol–water partition coefficient (Wildman–Crippen LogP) is 5.07. The summed E-state index contributed by atoms with van der Waals surface area (Å²) in [4.78, 5) is 40.9. The molecule has 0 atom stereocenters. The van der Waals surface area contributed by atoms with Crippen LogP contribution in [-0.4, -0.2) is 31.5 Å². The highest BCUT2D eigenvalue weighted by atomic mass is 35.5. The quantitative estimate of drug-likeness (QED) is 0.247. The van der Waals surface area contributed by atoms with Crippen LogP contribution in [0.5, 0.6) is 0 Å². The van der Waals surface area contributed by atoms with Gasteiger partial charge >= 0.3 is 5.82 Å². The fourth-order valence-corrected chi connectivity index (χ4v) is 5.50. The molecule has 4 aromatic rings. The molecule has 0 unspecified atom stereocenters. The molecular formula is C20H15ClF2N6O4S2. The maximum Gasteiger partial charge on any atom is 0.408 e. The van der Waals surface area contributed by atoms with Crippen LogP contribution < -0.4 is 11.1 Å². The summed E-state index contributed by atoms with van der Waals surface area (Å²) in [7, 11) is 0. The third kappa shape index (κ3) is 4.59. The molecule has 0 bridgehead atoms. The zero-order valence-corrected chi connectivity index (χ0v) is 20.4. The molecule has 0 saturated carbocycles. The molecule has 3 N–H and O–H groups in total. The number of hydrogen-bond donors (Lipinski definition) is 2.